The summed E-state index contributed by atoms with van der Waals surface area (Å²) < 4.78 is 23.5. The molecule has 1 amide bonds. The zero-order chi connectivity index (χ0) is 37.9. The summed E-state index contributed by atoms with van der Waals surface area (Å²) in [5.74, 6) is -0.195. The number of hydrogen-bond acceptors (Lipinski definition) is 5. The predicted octanol–water partition coefficient (Wildman–Crippen LogP) is 11.1. The van der Waals surface area contributed by atoms with Crippen LogP contribution in [0.3, 0.4) is 0 Å². The Morgan fingerprint density at radius 2 is 1.08 bits per heavy atom. The fourth-order valence-electron chi connectivity index (χ4n) is 5.70. The molecule has 0 bridgehead atoms. The molecular formula is C42H82N2O6P+. The van der Waals surface area contributed by atoms with E-state index in [0.29, 0.717) is 17.4 Å². The Labute approximate surface area is 315 Å². The number of quaternary nitrogens is 1. The maximum atomic E-state index is 12.8. The van der Waals surface area contributed by atoms with Crippen LogP contribution in [0, 0.1) is 0 Å². The number of amides is 1. The van der Waals surface area contributed by atoms with Crippen LogP contribution in [0.5, 0.6) is 0 Å². The number of likely N-dealkylation sites (N-methyl/N-ethyl adjacent to an activating group) is 1. The highest BCUT2D eigenvalue weighted by Crippen LogP contribution is 2.43. The minimum atomic E-state index is -4.34. The Hall–Kier alpha value is -1.28. The van der Waals surface area contributed by atoms with Crippen LogP contribution in [-0.2, 0) is 18.4 Å². The molecule has 9 heteroatoms. The van der Waals surface area contributed by atoms with Crippen LogP contribution in [0.1, 0.15) is 174 Å². The molecule has 0 saturated heterocycles. The van der Waals surface area contributed by atoms with Gasteiger partial charge in [-0.15, -0.1) is 0 Å². The van der Waals surface area contributed by atoms with Gasteiger partial charge in [0, 0.05) is 6.42 Å². The molecule has 3 atom stereocenters. The molecule has 8 nitrogen and oxygen atoms in total. The molecule has 0 radical (unpaired) electrons. The number of phosphoric ester groups is 1. The van der Waals surface area contributed by atoms with E-state index in [1.54, 1.807) is 6.08 Å². The molecule has 300 valence electrons. The van der Waals surface area contributed by atoms with Gasteiger partial charge in [0.2, 0.25) is 5.91 Å². The minimum absolute atomic E-state index is 0.0550. The van der Waals surface area contributed by atoms with Gasteiger partial charge in [-0.25, -0.2) is 4.57 Å². The number of nitrogens with zero attached hydrogens (tertiary/aromatic N) is 1. The van der Waals surface area contributed by atoms with Gasteiger partial charge in [-0.05, 0) is 57.8 Å². The van der Waals surface area contributed by atoms with Crippen molar-refractivity contribution in [2.75, 3.05) is 40.9 Å². The highest BCUT2D eigenvalue weighted by Gasteiger charge is 2.27. The summed E-state index contributed by atoms with van der Waals surface area (Å²) in [4.78, 5) is 23.0. The summed E-state index contributed by atoms with van der Waals surface area (Å²) in [7, 11) is 1.55. The van der Waals surface area contributed by atoms with Gasteiger partial charge in [0.05, 0.1) is 39.9 Å². The summed E-state index contributed by atoms with van der Waals surface area (Å²) >= 11 is 0. The highest BCUT2D eigenvalue weighted by atomic mass is 31.2. The van der Waals surface area contributed by atoms with Gasteiger partial charge < -0.3 is 19.8 Å². The van der Waals surface area contributed by atoms with Gasteiger partial charge in [0.1, 0.15) is 13.2 Å². The average Bonchev–Trinajstić information content (AvgIpc) is 3.07. The van der Waals surface area contributed by atoms with E-state index in [1.165, 1.54) is 116 Å². The summed E-state index contributed by atoms with van der Waals surface area (Å²) in [6.07, 6.45) is 40.7. The van der Waals surface area contributed by atoms with Crippen molar-refractivity contribution in [2.45, 2.75) is 187 Å². The average molecular weight is 742 g/mol. The Balaban J connectivity index is 4.45. The zero-order valence-corrected chi connectivity index (χ0v) is 34.7. The number of phosphoric acid groups is 1. The molecule has 0 aliphatic heterocycles. The molecular weight excluding hydrogens is 659 g/mol. The van der Waals surface area contributed by atoms with Crippen molar-refractivity contribution >= 4 is 13.7 Å². The second-order valence-electron chi connectivity index (χ2n) is 15.4. The number of aliphatic hydroxyl groups excluding tert-OH is 1. The maximum absolute atomic E-state index is 12.8. The van der Waals surface area contributed by atoms with Crippen molar-refractivity contribution in [3.63, 3.8) is 0 Å². The van der Waals surface area contributed by atoms with Crippen LogP contribution < -0.4 is 5.32 Å². The largest absolute Gasteiger partial charge is 0.472 e. The van der Waals surface area contributed by atoms with Crippen LogP contribution in [0.15, 0.2) is 36.5 Å². The van der Waals surface area contributed by atoms with Gasteiger partial charge >= 0.3 is 7.82 Å². The third-order valence-electron chi connectivity index (χ3n) is 9.08. The van der Waals surface area contributed by atoms with Crippen molar-refractivity contribution in [3.05, 3.63) is 36.5 Å². The molecule has 0 fully saturated rings. The van der Waals surface area contributed by atoms with E-state index in [4.69, 9.17) is 9.05 Å². The summed E-state index contributed by atoms with van der Waals surface area (Å²) in [5, 5.41) is 13.7. The molecule has 3 unspecified atom stereocenters. The quantitative estimate of drug-likeness (QED) is 0.0253. The van der Waals surface area contributed by atoms with Crippen molar-refractivity contribution in [3.8, 4) is 0 Å². The SMILES string of the molecule is CCCCCCC/C=C/CC/C=C/C(O)C(COP(=O)(O)OCC[N+](C)(C)C)NC(=O)CCCCCCCCC/C=C\CCCCCCCCC. The third-order valence-corrected chi connectivity index (χ3v) is 10.1. The summed E-state index contributed by atoms with van der Waals surface area (Å²) in [6, 6.07) is -0.862. The third kappa shape index (κ3) is 36.9. The number of aliphatic hydroxyl groups is 1. The van der Waals surface area contributed by atoms with E-state index >= 15 is 0 Å². The molecule has 0 heterocycles. The number of hydrogen-bond donors (Lipinski definition) is 3. The first kappa shape index (κ1) is 49.7. The van der Waals surface area contributed by atoms with Crippen molar-refractivity contribution < 1.29 is 32.9 Å². The van der Waals surface area contributed by atoms with Crippen molar-refractivity contribution in [1.29, 1.82) is 0 Å². The molecule has 0 rings (SSSR count). The van der Waals surface area contributed by atoms with E-state index in [0.717, 1.165) is 38.5 Å². The molecule has 0 aromatic heterocycles. The summed E-state index contributed by atoms with van der Waals surface area (Å²) in [5.41, 5.74) is 0. The first-order valence-electron chi connectivity index (χ1n) is 20.9. The van der Waals surface area contributed by atoms with Crippen LogP contribution in [0.25, 0.3) is 0 Å². The topological polar surface area (TPSA) is 105 Å². The van der Waals surface area contributed by atoms with E-state index in [1.807, 2.05) is 27.2 Å². The fraction of sp³-hybridized carbons (Fsp3) is 0.833. The zero-order valence-electron chi connectivity index (χ0n) is 33.8. The lowest BCUT2D eigenvalue weighted by Gasteiger charge is -2.25. The lowest BCUT2D eigenvalue weighted by atomic mass is 10.1. The molecule has 0 aliphatic carbocycles. The molecule has 0 aliphatic rings. The van der Waals surface area contributed by atoms with Crippen LogP contribution >= 0.6 is 7.82 Å². The number of rotatable bonds is 37. The smallest absolute Gasteiger partial charge is 0.387 e. The normalized spacial score (nSPS) is 14.9. The Morgan fingerprint density at radius 1 is 0.647 bits per heavy atom. The van der Waals surface area contributed by atoms with Crippen molar-refractivity contribution in [2.24, 2.45) is 0 Å². The number of carbonyl (C=O) groups is 1. The van der Waals surface area contributed by atoms with E-state index < -0.39 is 20.0 Å². The standard InChI is InChI=1S/C42H81N2O6P/c1-6-8-10-12-14-16-18-19-20-21-22-23-24-26-28-30-32-34-36-42(46)43-40(39-50-51(47,48)49-38-37-44(3,4)5)41(45)35-33-31-29-27-25-17-15-13-11-9-7-2/h20-21,25,27,33,35,40-41,45H,6-19,22-24,26,28-32,34,36-39H2,1-5H3,(H-,43,46,47,48)/p+1/b21-20-,27-25+,35-33+. The number of nitrogens with one attached hydrogen (secondary N) is 1. The molecule has 0 spiro atoms. The van der Waals surface area contributed by atoms with E-state index in [9.17, 15) is 19.4 Å². The van der Waals surface area contributed by atoms with Gasteiger partial charge in [-0.1, -0.05) is 147 Å². The molecule has 0 aromatic rings. The highest BCUT2D eigenvalue weighted by molar-refractivity contribution is 7.47. The first-order valence-corrected chi connectivity index (χ1v) is 22.4. The van der Waals surface area contributed by atoms with Crippen LogP contribution in [-0.4, -0.2) is 73.4 Å². The molecule has 0 saturated carbocycles. The Bertz CT molecular complexity index is 933. The number of unbranched alkanes of at least 4 members (excludes halogenated alkanes) is 20. The monoisotopic (exact) mass is 742 g/mol. The van der Waals surface area contributed by atoms with Gasteiger partial charge in [0.15, 0.2) is 0 Å². The second kappa shape index (κ2) is 34.5. The lowest BCUT2D eigenvalue weighted by Crippen LogP contribution is -2.45. The minimum Gasteiger partial charge on any atom is -0.387 e. The second-order valence-corrected chi connectivity index (χ2v) is 16.8. The number of allylic oxidation sites excluding steroid dienone is 5. The van der Waals surface area contributed by atoms with Gasteiger partial charge in [-0.3, -0.25) is 13.8 Å². The molecule has 3 N–H and O–H groups in total. The Morgan fingerprint density at radius 3 is 1.57 bits per heavy atom. The fourth-order valence-corrected chi connectivity index (χ4v) is 6.43. The van der Waals surface area contributed by atoms with Crippen molar-refractivity contribution in [1.82, 2.24) is 5.32 Å². The predicted molar refractivity (Wildman–Crippen MR) is 217 cm³/mol. The summed E-state index contributed by atoms with van der Waals surface area (Å²) in [6.45, 7) is 4.75. The molecule has 51 heavy (non-hydrogen) atoms. The first-order chi connectivity index (χ1) is 24.5. The van der Waals surface area contributed by atoms with Crippen LogP contribution in [0.4, 0.5) is 0 Å². The van der Waals surface area contributed by atoms with E-state index in [2.05, 4.69) is 43.5 Å². The van der Waals surface area contributed by atoms with E-state index in [-0.39, 0.29) is 19.1 Å². The maximum Gasteiger partial charge on any atom is 0.472 e. The van der Waals surface area contributed by atoms with Gasteiger partial charge in [0.25, 0.3) is 0 Å². The van der Waals surface area contributed by atoms with Crippen LogP contribution in [0.2, 0.25) is 0 Å². The van der Waals surface area contributed by atoms with Gasteiger partial charge in [-0.2, -0.15) is 0 Å². The molecule has 0 aromatic carbocycles. The Kier molecular flexibility index (Phi) is 33.6. The number of carbonyl (C=O) groups excluding carboxylic acids is 1. The lowest BCUT2D eigenvalue weighted by molar-refractivity contribution is -0.870.